The standard InChI is InChI=1S/C15H14F2O2/c1-10-5-7-11(8-6-10)14(18)9-19-15-12(16)3-2-4-13(15)17/h2-8,14,18H,9H2,1H3. The molecule has 100 valence electrons. The number of benzene rings is 2. The molecular weight excluding hydrogens is 250 g/mol. The molecule has 0 aliphatic heterocycles. The highest BCUT2D eigenvalue weighted by Crippen LogP contribution is 2.23. The first-order valence-electron chi connectivity index (χ1n) is 5.89. The highest BCUT2D eigenvalue weighted by molar-refractivity contribution is 5.27. The zero-order chi connectivity index (χ0) is 13.8. The molecule has 0 saturated carbocycles. The molecule has 0 aliphatic carbocycles. The predicted molar refractivity (Wildman–Crippen MR) is 68.0 cm³/mol. The van der Waals surface area contributed by atoms with Crippen LogP contribution in [0.1, 0.15) is 17.2 Å². The molecule has 2 aromatic carbocycles. The largest absolute Gasteiger partial charge is 0.484 e. The van der Waals surface area contributed by atoms with Crippen LogP contribution in [0.2, 0.25) is 0 Å². The van der Waals surface area contributed by atoms with E-state index in [0.29, 0.717) is 5.56 Å². The summed E-state index contributed by atoms with van der Waals surface area (Å²) in [5.41, 5.74) is 1.71. The Labute approximate surface area is 110 Å². The number of hydrogen-bond acceptors (Lipinski definition) is 2. The molecule has 0 radical (unpaired) electrons. The van der Waals surface area contributed by atoms with Crippen molar-refractivity contribution in [2.24, 2.45) is 0 Å². The van der Waals surface area contributed by atoms with Crippen molar-refractivity contribution in [1.29, 1.82) is 0 Å². The molecule has 1 unspecified atom stereocenters. The van der Waals surface area contributed by atoms with Gasteiger partial charge in [-0.2, -0.15) is 0 Å². The average Bonchev–Trinajstić information content (AvgIpc) is 2.38. The molecular formula is C15H14F2O2. The third kappa shape index (κ3) is 3.29. The number of halogens is 2. The fourth-order valence-corrected chi connectivity index (χ4v) is 1.67. The minimum absolute atomic E-state index is 0.207. The van der Waals surface area contributed by atoms with Crippen LogP contribution in [0.3, 0.4) is 0 Å². The Morgan fingerprint density at radius 3 is 2.21 bits per heavy atom. The predicted octanol–water partition coefficient (Wildman–Crippen LogP) is 3.39. The van der Waals surface area contributed by atoms with Gasteiger partial charge in [-0.1, -0.05) is 35.9 Å². The highest BCUT2D eigenvalue weighted by Gasteiger charge is 2.13. The maximum absolute atomic E-state index is 13.3. The molecule has 2 nitrogen and oxygen atoms in total. The minimum Gasteiger partial charge on any atom is -0.484 e. The number of aliphatic hydroxyl groups excluding tert-OH is 1. The minimum atomic E-state index is -0.931. The smallest absolute Gasteiger partial charge is 0.190 e. The molecule has 4 heteroatoms. The van der Waals surface area contributed by atoms with E-state index in [1.54, 1.807) is 12.1 Å². The van der Waals surface area contributed by atoms with Gasteiger partial charge in [0.25, 0.3) is 0 Å². The lowest BCUT2D eigenvalue weighted by atomic mass is 10.1. The molecule has 0 heterocycles. The molecule has 0 aliphatic rings. The van der Waals surface area contributed by atoms with E-state index in [-0.39, 0.29) is 6.61 Å². The molecule has 0 amide bonds. The van der Waals surface area contributed by atoms with Crippen molar-refractivity contribution in [2.45, 2.75) is 13.0 Å². The molecule has 0 fully saturated rings. The van der Waals surface area contributed by atoms with E-state index in [2.05, 4.69) is 0 Å². The van der Waals surface area contributed by atoms with E-state index in [4.69, 9.17) is 4.74 Å². The second-order valence-corrected chi connectivity index (χ2v) is 4.29. The molecule has 0 bridgehead atoms. The van der Waals surface area contributed by atoms with Crippen molar-refractivity contribution < 1.29 is 18.6 Å². The van der Waals surface area contributed by atoms with Crippen LogP contribution in [-0.2, 0) is 0 Å². The van der Waals surface area contributed by atoms with Gasteiger partial charge in [-0.25, -0.2) is 8.78 Å². The van der Waals surface area contributed by atoms with Crippen LogP contribution < -0.4 is 4.74 Å². The second kappa shape index (κ2) is 5.80. The first kappa shape index (κ1) is 13.5. The summed E-state index contributed by atoms with van der Waals surface area (Å²) in [6.07, 6.45) is -0.931. The summed E-state index contributed by atoms with van der Waals surface area (Å²) in [5.74, 6) is -2.03. The number of para-hydroxylation sites is 1. The zero-order valence-corrected chi connectivity index (χ0v) is 10.4. The highest BCUT2D eigenvalue weighted by atomic mass is 19.1. The Bertz CT molecular complexity index is 532. The summed E-state index contributed by atoms with van der Waals surface area (Å²) in [6, 6.07) is 10.7. The molecule has 1 N–H and O–H groups in total. The van der Waals surface area contributed by atoms with Gasteiger partial charge in [-0.05, 0) is 24.6 Å². The monoisotopic (exact) mass is 264 g/mol. The van der Waals surface area contributed by atoms with E-state index in [0.717, 1.165) is 17.7 Å². The van der Waals surface area contributed by atoms with Crippen LogP contribution >= 0.6 is 0 Å². The molecule has 2 rings (SSSR count). The Morgan fingerprint density at radius 1 is 1.05 bits per heavy atom. The van der Waals surface area contributed by atoms with Gasteiger partial charge in [0.15, 0.2) is 17.4 Å². The lowest BCUT2D eigenvalue weighted by Crippen LogP contribution is -2.11. The number of hydrogen-bond donors (Lipinski definition) is 1. The summed E-state index contributed by atoms with van der Waals surface area (Å²) in [7, 11) is 0. The summed E-state index contributed by atoms with van der Waals surface area (Å²) < 4.78 is 31.6. The maximum Gasteiger partial charge on any atom is 0.190 e. The van der Waals surface area contributed by atoms with Crippen molar-refractivity contribution in [2.75, 3.05) is 6.61 Å². The van der Waals surface area contributed by atoms with Gasteiger partial charge in [0.1, 0.15) is 12.7 Å². The Morgan fingerprint density at radius 2 is 1.63 bits per heavy atom. The number of aryl methyl sites for hydroxylation is 1. The average molecular weight is 264 g/mol. The normalized spacial score (nSPS) is 12.2. The first-order chi connectivity index (χ1) is 9.08. The van der Waals surface area contributed by atoms with Crippen LogP contribution in [0.25, 0.3) is 0 Å². The summed E-state index contributed by atoms with van der Waals surface area (Å²) in [4.78, 5) is 0. The Balaban J connectivity index is 2.04. The van der Waals surface area contributed by atoms with E-state index in [1.165, 1.54) is 6.07 Å². The van der Waals surface area contributed by atoms with E-state index in [9.17, 15) is 13.9 Å². The molecule has 19 heavy (non-hydrogen) atoms. The van der Waals surface area contributed by atoms with Gasteiger partial charge < -0.3 is 9.84 Å². The first-order valence-corrected chi connectivity index (χ1v) is 5.89. The summed E-state index contributed by atoms with van der Waals surface area (Å²) >= 11 is 0. The number of aliphatic hydroxyl groups is 1. The van der Waals surface area contributed by atoms with Crippen molar-refractivity contribution >= 4 is 0 Å². The van der Waals surface area contributed by atoms with Crippen molar-refractivity contribution in [3.63, 3.8) is 0 Å². The van der Waals surface area contributed by atoms with E-state index < -0.39 is 23.5 Å². The van der Waals surface area contributed by atoms with Crippen LogP contribution in [-0.4, -0.2) is 11.7 Å². The Kier molecular flexibility index (Phi) is 4.12. The van der Waals surface area contributed by atoms with Crippen molar-refractivity contribution in [3.05, 3.63) is 65.2 Å². The lowest BCUT2D eigenvalue weighted by molar-refractivity contribution is 0.103. The third-order valence-electron chi connectivity index (χ3n) is 2.77. The zero-order valence-electron chi connectivity index (χ0n) is 10.4. The molecule has 0 aromatic heterocycles. The number of rotatable bonds is 4. The van der Waals surface area contributed by atoms with Crippen LogP contribution in [0.15, 0.2) is 42.5 Å². The Hall–Kier alpha value is -1.94. The fraction of sp³-hybridized carbons (Fsp3) is 0.200. The van der Waals surface area contributed by atoms with Crippen LogP contribution in [0.4, 0.5) is 8.78 Å². The van der Waals surface area contributed by atoms with E-state index in [1.807, 2.05) is 19.1 Å². The maximum atomic E-state index is 13.3. The molecule has 0 spiro atoms. The fourth-order valence-electron chi connectivity index (χ4n) is 1.67. The molecule has 2 aromatic rings. The SMILES string of the molecule is Cc1ccc(C(O)COc2c(F)cccc2F)cc1. The van der Waals surface area contributed by atoms with Gasteiger partial charge in [-0.3, -0.25) is 0 Å². The quantitative estimate of drug-likeness (QED) is 0.917. The summed E-state index contributed by atoms with van der Waals surface area (Å²) in [5, 5.41) is 9.88. The topological polar surface area (TPSA) is 29.5 Å². The van der Waals surface area contributed by atoms with Gasteiger partial charge in [-0.15, -0.1) is 0 Å². The third-order valence-corrected chi connectivity index (χ3v) is 2.77. The van der Waals surface area contributed by atoms with Gasteiger partial charge in [0.2, 0.25) is 0 Å². The van der Waals surface area contributed by atoms with Gasteiger partial charge >= 0.3 is 0 Å². The van der Waals surface area contributed by atoms with Gasteiger partial charge in [0.05, 0.1) is 0 Å². The van der Waals surface area contributed by atoms with E-state index >= 15 is 0 Å². The van der Waals surface area contributed by atoms with Crippen LogP contribution in [0, 0.1) is 18.6 Å². The molecule has 1 atom stereocenters. The van der Waals surface area contributed by atoms with Crippen molar-refractivity contribution in [3.8, 4) is 5.75 Å². The second-order valence-electron chi connectivity index (χ2n) is 4.29. The summed E-state index contributed by atoms with van der Waals surface area (Å²) in [6.45, 7) is 1.72. The number of ether oxygens (including phenoxy) is 1. The van der Waals surface area contributed by atoms with Gasteiger partial charge in [0, 0.05) is 0 Å². The lowest BCUT2D eigenvalue weighted by Gasteiger charge is -2.13. The molecule has 0 saturated heterocycles. The van der Waals surface area contributed by atoms with Crippen molar-refractivity contribution in [1.82, 2.24) is 0 Å². The van der Waals surface area contributed by atoms with Crippen LogP contribution in [0.5, 0.6) is 5.75 Å².